The molecule has 2 rings (SSSR count). The Morgan fingerprint density at radius 3 is 2.11 bits per heavy atom. The first-order valence-electron chi connectivity index (χ1n) is 11.0. The predicted molar refractivity (Wildman–Crippen MR) is 119 cm³/mol. The zero-order valence-electron chi connectivity index (χ0n) is 18.2. The molecule has 0 spiro atoms. The monoisotopic (exact) mass is 388 g/mol. The summed E-state index contributed by atoms with van der Waals surface area (Å²) in [4.78, 5) is 0. The van der Waals surface area contributed by atoms with E-state index in [-0.39, 0.29) is 0 Å². The minimum Gasteiger partial charge on any atom is -0.497 e. The van der Waals surface area contributed by atoms with Crippen molar-refractivity contribution < 1.29 is 9.84 Å². The zero-order valence-corrected chi connectivity index (χ0v) is 19.2. The van der Waals surface area contributed by atoms with Crippen LogP contribution >= 0.6 is 0 Å². The first kappa shape index (κ1) is 22.2. The van der Waals surface area contributed by atoms with Crippen LogP contribution in [0.3, 0.4) is 0 Å². The van der Waals surface area contributed by atoms with Crippen LogP contribution in [0.1, 0.15) is 71.8 Å². The maximum atomic E-state index is 11.4. The molecule has 1 aromatic rings. The Morgan fingerprint density at radius 1 is 1.07 bits per heavy atom. The van der Waals surface area contributed by atoms with Gasteiger partial charge in [0, 0.05) is 0 Å². The molecule has 1 N–H and O–H groups in total. The molecular formula is C24H40O2Si. The Bertz CT molecular complexity index is 585. The molecule has 0 saturated heterocycles. The summed E-state index contributed by atoms with van der Waals surface area (Å²) in [5, 5.41) is 13.1. The van der Waals surface area contributed by atoms with Gasteiger partial charge in [-0.3, -0.25) is 0 Å². The molecule has 3 heteroatoms. The molecule has 2 nitrogen and oxygen atoms in total. The molecule has 1 unspecified atom stereocenters. The topological polar surface area (TPSA) is 29.5 Å². The van der Waals surface area contributed by atoms with Crippen molar-refractivity contribution in [3.05, 3.63) is 41.1 Å². The van der Waals surface area contributed by atoms with Crippen LogP contribution in [-0.2, 0) is 5.60 Å². The van der Waals surface area contributed by atoms with Crippen LogP contribution < -0.4 is 4.74 Å². The Balaban J connectivity index is 2.34. The molecule has 1 fully saturated rings. The summed E-state index contributed by atoms with van der Waals surface area (Å²) in [7, 11) is 0.168. The second-order valence-electron chi connectivity index (χ2n) is 8.61. The largest absolute Gasteiger partial charge is 0.497 e. The van der Waals surface area contributed by atoms with E-state index in [0.29, 0.717) is 0 Å². The molecule has 1 aromatic carbocycles. The number of rotatable bonds is 9. The highest BCUT2D eigenvalue weighted by molar-refractivity contribution is 6.86. The maximum absolute atomic E-state index is 11.4. The van der Waals surface area contributed by atoms with Gasteiger partial charge in [0.1, 0.15) is 5.75 Å². The van der Waals surface area contributed by atoms with Gasteiger partial charge in [-0.25, -0.2) is 0 Å². The van der Waals surface area contributed by atoms with Crippen LogP contribution in [0.4, 0.5) is 0 Å². The van der Waals surface area contributed by atoms with E-state index in [4.69, 9.17) is 4.74 Å². The molecule has 1 aliphatic carbocycles. The summed E-state index contributed by atoms with van der Waals surface area (Å²) in [5.74, 6) is 1.56. The molecule has 1 saturated carbocycles. The summed E-state index contributed by atoms with van der Waals surface area (Å²) >= 11 is 0. The Labute approximate surface area is 168 Å². The van der Waals surface area contributed by atoms with E-state index in [2.05, 4.69) is 26.8 Å². The molecule has 0 heterocycles. The fourth-order valence-corrected chi connectivity index (χ4v) is 9.03. The van der Waals surface area contributed by atoms with Crippen molar-refractivity contribution >= 4 is 8.07 Å². The van der Waals surface area contributed by atoms with Gasteiger partial charge in [-0.1, -0.05) is 81.6 Å². The standard InChI is InChI=1S/C24H40O2Si/c1-6-27(7-2,8-3)23(18-20-12-10-9-11-13-20)19-24(4,25)21-14-16-22(26-5)17-15-21/h14-18,20,25H,6-13,19H2,1-5H3/b23-18+. The quantitative estimate of drug-likeness (QED) is 0.469. The van der Waals surface area contributed by atoms with Gasteiger partial charge in [0.2, 0.25) is 0 Å². The van der Waals surface area contributed by atoms with Crippen molar-refractivity contribution in [2.45, 2.75) is 90.0 Å². The fourth-order valence-electron chi connectivity index (χ4n) is 4.86. The number of ether oxygens (including phenoxy) is 1. The Kier molecular flexibility index (Phi) is 8.17. The summed E-state index contributed by atoms with van der Waals surface area (Å²) < 4.78 is 5.28. The van der Waals surface area contributed by atoms with Crippen molar-refractivity contribution in [2.75, 3.05) is 7.11 Å². The number of aliphatic hydroxyl groups is 1. The van der Waals surface area contributed by atoms with E-state index in [0.717, 1.165) is 23.7 Å². The van der Waals surface area contributed by atoms with Gasteiger partial charge in [0.25, 0.3) is 0 Å². The molecular weight excluding hydrogens is 348 g/mol. The predicted octanol–water partition coefficient (Wildman–Crippen LogP) is 6.85. The van der Waals surface area contributed by atoms with Gasteiger partial charge in [0.05, 0.1) is 20.8 Å². The van der Waals surface area contributed by atoms with Crippen molar-refractivity contribution in [2.24, 2.45) is 5.92 Å². The lowest BCUT2D eigenvalue weighted by Crippen LogP contribution is -2.38. The summed E-state index contributed by atoms with van der Waals surface area (Å²) in [6.07, 6.45) is 10.2. The van der Waals surface area contributed by atoms with Crippen molar-refractivity contribution in [3.63, 3.8) is 0 Å². The lowest BCUT2D eigenvalue weighted by molar-refractivity contribution is 0.0588. The SMILES string of the molecule is CC[Si](CC)(CC)/C(=C/C1CCCCC1)CC(C)(O)c1ccc(OC)cc1. The van der Waals surface area contributed by atoms with Crippen molar-refractivity contribution in [1.82, 2.24) is 0 Å². The van der Waals surface area contributed by atoms with Crippen LogP contribution in [0.25, 0.3) is 0 Å². The average Bonchev–Trinajstić information content (AvgIpc) is 2.70. The molecule has 0 aromatic heterocycles. The fraction of sp³-hybridized carbons (Fsp3) is 0.667. The van der Waals surface area contributed by atoms with Gasteiger partial charge in [-0.05, 0) is 49.8 Å². The minimum absolute atomic E-state index is 0.719. The summed E-state index contributed by atoms with van der Waals surface area (Å²) in [5.41, 5.74) is 0.161. The van der Waals surface area contributed by atoms with Gasteiger partial charge < -0.3 is 9.84 Å². The lowest BCUT2D eigenvalue weighted by Gasteiger charge is -2.37. The van der Waals surface area contributed by atoms with Gasteiger partial charge in [-0.15, -0.1) is 0 Å². The number of hydrogen-bond acceptors (Lipinski definition) is 2. The molecule has 0 aliphatic heterocycles. The van der Waals surface area contributed by atoms with Crippen LogP contribution in [0.15, 0.2) is 35.5 Å². The van der Waals surface area contributed by atoms with E-state index >= 15 is 0 Å². The highest BCUT2D eigenvalue weighted by Crippen LogP contribution is 2.39. The van der Waals surface area contributed by atoms with Crippen LogP contribution in [-0.4, -0.2) is 20.3 Å². The maximum Gasteiger partial charge on any atom is 0.118 e. The number of benzene rings is 1. The van der Waals surface area contributed by atoms with Crippen molar-refractivity contribution in [1.29, 1.82) is 0 Å². The van der Waals surface area contributed by atoms with Gasteiger partial charge in [-0.2, -0.15) is 0 Å². The smallest absolute Gasteiger partial charge is 0.118 e. The lowest BCUT2D eigenvalue weighted by atomic mass is 9.87. The van der Waals surface area contributed by atoms with Gasteiger partial charge >= 0.3 is 0 Å². The molecule has 0 radical (unpaired) electrons. The molecule has 0 amide bonds. The molecule has 152 valence electrons. The number of methoxy groups -OCH3 is 1. The van der Waals surface area contributed by atoms with E-state index in [1.54, 1.807) is 12.3 Å². The van der Waals surface area contributed by atoms with E-state index < -0.39 is 13.7 Å². The highest BCUT2D eigenvalue weighted by atomic mass is 28.3. The molecule has 27 heavy (non-hydrogen) atoms. The van der Waals surface area contributed by atoms with E-state index in [1.807, 2.05) is 31.2 Å². The summed E-state index contributed by atoms with van der Waals surface area (Å²) in [6.45, 7) is 9.10. The van der Waals surface area contributed by atoms with Crippen LogP contribution in [0.5, 0.6) is 5.75 Å². The number of allylic oxidation sites excluding steroid dienone is 1. The third kappa shape index (κ3) is 5.48. The first-order valence-corrected chi connectivity index (χ1v) is 13.6. The molecule has 1 aliphatic rings. The van der Waals surface area contributed by atoms with Crippen LogP contribution in [0.2, 0.25) is 18.1 Å². The van der Waals surface area contributed by atoms with E-state index in [9.17, 15) is 5.11 Å². The van der Waals surface area contributed by atoms with Crippen LogP contribution in [0, 0.1) is 5.92 Å². The second-order valence-corrected chi connectivity index (χ2v) is 13.9. The third-order valence-electron chi connectivity index (χ3n) is 7.04. The average molecular weight is 389 g/mol. The van der Waals surface area contributed by atoms with Crippen molar-refractivity contribution in [3.8, 4) is 5.75 Å². The second kappa shape index (κ2) is 9.93. The Hall–Kier alpha value is -1.06. The highest BCUT2D eigenvalue weighted by Gasteiger charge is 2.36. The van der Waals surface area contributed by atoms with Gasteiger partial charge in [0.15, 0.2) is 0 Å². The van der Waals surface area contributed by atoms with E-state index in [1.165, 1.54) is 50.2 Å². The Morgan fingerprint density at radius 2 is 1.63 bits per heavy atom. The molecule has 1 atom stereocenters. The molecule has 0 bridgehead atoms. The number of hydrogen-bond donors (Lipinski definition) is 1. The summed E-state index contributed by atoms with van der Waals surface area (Å²) in [6, 6.07) is 11.8. The third-order valence-corrected chi connectivity index (χ3v) is 12.8. The minimum atomic E-state index is -1.51. The first-order chi connectivity index (χ1) is 12.9. The normalized spacial score (nSPS) is 19.0. The zero-order chi connectivity index (χ0) is 19.9.